The van der Waals surface area contributed by atoms with E-state index in [1.54, 1.807) is 43.3 Å². The molecule has 0 radical (unpaired) electrons. The Balaban J connectivity index is 1.61. The van der Waals surface area contributed by atoms with Crippen molar-refractivity contribution in [3.05, 3.63) is 83.9 Å². The first-order valence-corrected chi connectivity index (χ1v) is 10.8. The van der Waals surface area contributed by atoms with Crippen LogP contribution in [0, 0.1) is 5.92 Å². The highest BCUT2D eigenvalue weighted by atomic mass is 16.5. The zero-order valence-electron chi connectivity index (χ0n) is 18.6. The molecule has 0 spiro atoms. The van der Waals surface area contributed by atoms with E-state index < -0.39 is 17.9 Å². The third-order valence-corrected chi connectivity index (χ3v) is 5.50. The van der Waals surface area contributed by atoms with Gasteiger partial charge in [-0.05, 0) is 65.9 Å². The van der Waals surface area contributed by atoms with Crippen LogP contribution in [-0.2, 0) is 4.79 Å². The van der Waals surface area contributed by atoms with Crippen LogP contribution >= 0.6 is 0 Å². The van der Waals surface area contributed by atoms with E-state index in [9.17, 15) is 9.59 Å². The number of carboxylic acid groups (broad SMARTS) is 1. The van der Waals surface area contributed by atoms with Crippen LogP contribution in [0.4, 0.5) is 0 Å². The number of carbonyl (C=O) groups is 2. The third-order valence-electron chi connectivity index (χ3n) is 5.50. The molecule has 32 heavy (non-hydrogen) atoms. The Labute approximate surface area is 188 Å². The summed E-state index contributed by atoms with van der Waals surface area (Å²) in [6.45, 7) is 6.62. The smallest absolute Gasteiger partial charge is 0.343 e. The van der Waals surface area contributed by atoms with Crippen molar-refractivity contribution in [3.8, 4) is 22.6 Å². The van der Waals surface area contributed by atoms with Gasteiger partial charge in [0.05, 0.1) is 18.1 Å². The fourth-order valence-corrected chi connectivity index (χ4v) is 3.03. The zero-order valence-corrected chi connectivity index (χ0v) is 18.6. The minimum absolute atomic E-state index is 0.369. The van der Waals surface area contributed by atoms with Crippen LogP contribution in [-0.4, -0.2) is 23.7 Å². The largest absolute Gasteiger partial charge is 0.493 e. The number of ether oxygens (including phenoxy) is 2. The molecule has 0 bridgehead atoms. The van der Waals surface area contributed by atoms with Gasteiger partial charge in [-0.2, -0.15) is 0 Å². The van der Waals surface area contributed by atoms with Crippen molar-refractivity contribution in [2.24, 2.45) is 5.92 Å². The van der Waals surface area contributed by atoms with Gasteiger partial charge in [0.15, 0.2) is 0 Å². The van der Waals surface area contributed by atoms with Crippen molar-refractivity contribution in [3.63, 3.8) is 0 Å². The molecule has 0 saturated carbocycles. The van der Waals surface area contributed by atoms with Gasteiger partial charge in [0.1, 0.15) is 11.5 Å². The number of rotatable bonds is 9. The van der Waals surface area contributed by atoms with E-state index in [2.05, 4.69) is 13.8 Å². The number of hydrogen-bond donors (Lipinski definition) is 1. The zero-order chi connectivity index (χ0) is 23.1. The lowest BCUT2D eigenvalue weighted by molar-refractivity contribution is -0.138. The molecule has 3 aromatic carbocycles. The monoisotopic (exact) mass is 432 g/mol. The van der Waals surface area contributed by atoms with Gasteiger partial charge in [-0.1, -0.05) is 56.7 Å². The van der Waals surface area contributed by atoms with Gasteiger partial charge in [0.2, 0.25) is 0 Å². The number of esters is 1. The molecule has 5 heteroatoms. The lowest BCUT2D eigenvalue weighted by Gasteiger charge is -2.11. The second-order valence-electron chi connectivity index (χ2n) is 7.94. The van der Waals surface area contributed by atoms with Gasteiger partial charge >= 0.3 is 11.9 Å². The molecule has 0 fully saturated rings. The van der Waals surface area contributed by atoms with Crippen molar-refractivity contribution < 1.29 is 24.2 Å². The summed E-state index contributed by atoms with van der Waals surface area (Å²) < 4.78 is 11.2. The Morgan fingerprint density at radius 3 is 1.88 bits per heavy atom. The first-order chi connectivity index (χ1) is 15.4. The van der Waals surface area contributed by atoms with Crippen molar-refractivity contribution in [1.82, 2.24) is 0 Å². The highest BCUT2D eigenvalue weighted by Crippen LogP contribution is 2.24. The van der Waals surface area contributed by atoms with E-state index in [1.807, 2.05) is 36.4 Å². The molecule has 0 aliphatic carbocycles. The van der Waals surface area contributed by atoms with Gasteiger partial charge in [0.25, 0.3) is 0 Å². The summed E-state index contributed by atoms with van der Waals surface area (Å²) in [6, 6.07) is 21.6. The average molecular weight is 433 g/mol. The normalized spacial score (nSPS) is 12.6. The molecule has 3 aromatic rings. The topological polar surface area (TPSA) is 72.8 Å². The van der Waals surface area contributed by atoms with E-state index in [-0.39, 0.29) is 0 Å². The highest BCUT2D eigenvalue weighted by molar-refractivity contribution is 5.91. The number of hydrogen-bond acceptors (Lipinski definition) is 4. The molecule has 0 aromatic heterocycles. The van der Waals surface area contributed by atoms with Crippen molar-refractivity contribution in [2.75, 3.05) is 6.61 Å². The van der Waals surface area contributed by atoms with Crippen LogP contribution in [0.15, 0.2) is 72.8 Å². The summed E-state index contributed by atoms with van der Waals surface area (Å²) in [6.07, 6.45) is 1.09. The molecule has 5 nitrogen and oxygen atoms in total. The molecular weight excluding hydrogens is 404 g/mol. The van der Waals surface area contributed by atoms with E-state index in [0.717, 1.165) is 23.3 Å². The van der Waals surface area contributed by atoms with Crippen LogP contribution in [0.3, 0.4) is 0 Å². The van der Waals surface area contributed by atoms with Crippen molar-refractivity contribution >= 4 is 11.9 Å². The van der Waals surface area contributed by atoms with E-state index in [0.29, 0.717) is 29.4 Å². The van der Waals surface area contributed by atoms with Gasteiger partial charge in [0, 0.05) is 0 Å². The molecule has 0 heterocycles. The third kappa shape index (κ3) is 5.97. The van der Waals surface area contributed by atoms with Gasteiger partial charge < -0.3 is 14.6 Å². The summed E-state index contributed by atoms with van der Waals surface area (Å²) in [4.78, 5) is 23.5. The quantitative estimate of drug-likeness (QED) is 0.323. The maximum atomic E-state index is 12.5. The lowest BCUT2D eigenvalue weighted by atomic mass is 10.0. The fraction of sp³-hybridized carbons (Fsp3) is 0.259. The first kappa shape index (κ1) is 23.1. The maximum Gasteiger partial charge on any atom is 0.343 e. The molecule has 0 amide bonds. The second kappa shape index (κ2) is 10.6. The number of aliphatic carboxylic acids is 1. The Kier molecular flexibility index (Phi) is 7.66. The van der Waals surface area contributed by atoms with Gasteiger partial charge in [-0.25, -0.2) is 4.79 Å². The number of carboxylic acids is 1. The molecule has 0 aliphatic rings. The van der Waals surface area contributed by atoms with Gasteiger partial charge in [-0.15, -0.1) is 0 Å². The minimum atomic E-state index is -0.900. The van der Waals surface area contributed by atoms with E-state index >= 15 is 0 Å². The second-order valence-corrected chi connectivity index (χ2v) is 7.94. The highest BCUT2D eigenvalue weighted by Gasteiger charge is 2.14. The summed E-state index contributed by atoms with van der Waals surface area (Å²) >= 11 is 0. The van der Waals surface area contributed by atoms with Crippen LogP contribution in [0.1, 0.15) is 49.0 Å². The van der Waals surface area contributed by atoms with E-state index in [4.69, 9.17) is 14.6 Å². The first-order valence-electron chi connectivity index (χ1n) is 10.8. The number of carbonyl (C=O) groups excluding carboxylic acids is 1. The SMILES string of the molecule is CC[C@H](C)COc1ccc(-c2ccc(C(=O)Oc3ccc([C@H](C)C(=O)O)cc3)cc2)cc1. The molecule has 0 saturated heterocycles. The predicted molar refractivity (Wildman–Crippen MR) is 124 cm³/mol. The van der Waals surface area contributed by atoms with Crippen LogP contribution < -0.4 is 9.47 Å². The molecule has 0 aliphatic heterocycles. The minimum Gasteiger partial charge on any atom is -0.493 e. The van der Waals surface area contributed by atoms with Crippen molar-refractivity contribution in [1.29, 1.82) is 0 Å². The Bertz CT molecular complexity index is 1040. The fourth-order valence-electron chi connectivity index (χ4n) is 3.03. The molecule has 2 atom stereocenters. The molecule has 166 valence electrons. The van der Waals surface area contributed by atoms with Crippen LogP contribution in [0.2, 0.25) is 0 Å². The summed E-state index contributed by atoms with van der Waals surface area (Å²) in [5.74, 6) is -0.250. The Morgan fingerprint density at radius 2 is 1.34 bits per heavy atom. The standard InChI is InChI=1S/C27H28O5/c1-4-18(2)17-31-24-13-11-22(12-14-24)21-5-7-23(8-6-21)27(30)32-25-15-9-20(10-16-25)19(3)26(28)29/h5-16,18-19H,4,17H2,1-3H3,(H,28,29)/t18-,19-/m0/s1. The molecule has 3 rings (SSSR count). The summed E-state index contributed by atoms with van der Waals surface area (Å²) in [7, 11) is 0. The molecular formula is C27H28O5. The molecule has 1 N–H and O–H groups in total. The van der Waals surface area contributed by atoms with Crippen LogP contribution in [0.25, 0.3) is 11.1 Å². The summed E-state index contributed by atoms with van der Waals surface area (Å²) in [5.41, 5.74) is 3.11. The average Bonchev–Trinajstić information content (AvgIpc) is 2.83. The van der Waals surface area contributed by atoms with Crippen LogP contribution in [0.5, 0.6) is 11.5 Å². The van der Waals surface area contributed by atoms with E-state index in [1.165, 1.54) is 0 Å². The maximum absolute atomic E-state index is 12.5. The Hall–Kier alpha value is -3.60. The predicted octanol–water partition coefficient (Wildman–Crippen LogP) is 6.19. The molecule has 0 unspecified atom stereocenters. The van der Waals surface area contributed by atoms with Crippen molar-refractivity contribution in [2.45, 2.75) is 33.1 Å². The summed E-state index contributed by atoms with van der Waals surface area (Å²) in [5, 5.41) is 9.08. The van der Waals surface area contributed by atoms with Gasteiger partial charge in [-0.3, -0.25) is 4.79 Å². The Morgan fingerprint density at radius 1 is 0.812 bits per heavy atom. The lowest BCUT2D eigenvalue weighted by Crippen LogP contribution is -2.09. The number of benzene rings is 3.